The lowest BCUT2D eigenvalue weighted by Gasteiger charge is -2.31. The number of fused-ring (bicyclic) bond motifs is 1. The minimum absolute atomic E-state index is 0.0372. The molecule has 2 fully saturated rings. The lowest BCUT2D eigenvalue weighted by Crippen LogP contribution is -2.55. The standard InChI is InChI=1S/C26H32N4O3/c1-25(2)21-23(32)30(24(27)29-26(21,25)3)16-17-9-8-12-19(15-17)22(31)28-20(13-14-33-4)18-10-6-5-7-11-18/h5-12,15,20-21H,13-14,16H2,1-4H3,(H2,27,29)(H,28,31)/t20-,21-,26-/m0/s1. The van der Waals surface area contributed by atoms with E-state index >= 15 is 0 Å². The summed E-state index contributed by atoms with van der Waals surface area (Å²) in [6.45, 7) is 6.88. The average molecular weight is 449 g/mol. The normalized spacial score (nSPS) is 24.0. The van der Waals surface area contributed by atoms with Gasteiger partial charge in [-0.15, -0.1) is 0 Å². The Hall–Kier alpha value is -3.19. The van der Waals surface area contributed by atoms with Crippen molar-refractivity contribution in [3.8, 4) is 0 Å². The molecule has 3 N–H and O–H groups in total. The van der Waals surface area contributed by atoms with Gasteiger partial charge >= 0.3 is 0 Å². The maximum Gasteiger partial charge on any atom is 0.251 e. The highest BCUT2D eigenvalue weighted by Gasteiger charge is 2.75. The van der Waals surface area contributed by atoms with Gasteiger partial charge in [0.05, 0.1) is 24.0 Å². The summed E-state index contributed by atoms with van der Waals surface area (Å²) < 4.78 is 5.22. The summed E-state index contributed by atoms with van der Waals surface area (Å²) in [5.74, 6) is -0.262. The second-order valence-electron chi connectivity index (χ2n) is 9.67. The van der Waals surface area contributed by atoms with E-state index in [1.807, 2.05) is 49.4 Å². The predicted octanol–water partition coefficient (Wildman–Crippen LogP) is 3.48. The van der Waals surface area contributed by atoms with Crippen LogP contribution in [0.15, 0.2) is 54.6 Å². The summed E-state index contributed by atoms with van der Waals surface area (Å²) in [5.41, 5.74) is 1.78. The van der Waals surface area contributed by atoms with Crippen molar-refractivity contribution in [1.82, 2.24) is 15.5 Å². The molecule has 2 aromatic rings. The Labute approximate surface area is 195 Å². The molecular formula is C26H32N4O3. The van der Waals surface area contributed by atoms with Crippen molar-refractivity contribution in [3.63, 3.8) is 0 Å². The van der Waals surface area contributed by atoms with Crippen LogP contribution in [0.1, 0.15) is 54.7 Å². The molecule has 0 unspecified atom stereocenters. The van der Waals surface area contributed by atoms with Crippen LogP contribution in [0.5, 0.6) is 0 Å². The highest BCUT2D eigenvalue weighted by atomic mass is 16.5. The summed E-state index contributed by atoms with van der Waals surface area (Å²) in [7, 11) is 1.65. The summed E-state index contributed by atoms with van der Waals surface area (Å²) in [6.07, 6.45) is 0.660. The second-order valence-corrected chi connectivity index (χ2v) is 9.67. The topological polar surface area (TPSA) is 94.5 Å². The van der Waals surface area contributed by atoms with Crippen molar-refractivity contribution in [2.45, 2.75) is 45.3 Å². The van der Waals surface area contributed by atoms with Gasteiger partial charge in [0, 0.05) is 24.7 Å². The van der Waals surface area contributed by atoms with E-state index in [1.54, 1.807) is 19.2 Å². The molecule has 1 aliphatic carbocycles. The Morgan fingerprint density at radius 3 is 2.61 bits per heavy atom. The summed E-state index contributed by atoms with van der Waals surface area (Å²) in [5, 5.41) is 14.7. The fourth-order valence-electron chi connectivity index (χ4n) is 4.98. The molecule has 2 aliphatic rings. The van der Waals surface area contributed by atoms with Crippen molar-refractivity contribution < 1.29 is 14.3 Å². The Kier molecular flexibility index (Phi) is 6.01. The number of hydrogen-bond acceptors (Lipinski definition) is 4. The van der Waals surface area contributed by atoms with Gasteiger partial charge in [-0.05, 0) is 36.6 Å². The lowest BCUT2D eigenvalue weighted by molar-refractivity contribution is -0.131. The van der Waals surface area contributed by atoms with Crippen molar-refractivity contribution in [2.24, 2.45) is 11.3 Å². The molecule has 0 aromatic heterocycles. The van der Waals surface area contributed by atoms with Gasteiger partial charge in [0.15, 0.2) is 5.96 Å². The van der Waals surface area contributed by atoms with E-state index in [1.165, 1.54) is 4.90 Å². The number of benzene rings is 2. The number of methoxy groups -OCH3 is 1. The molecule has 2 aromatic carbocycles. The molecule has 0 bridgehead atoms. The quantitative estimate of drug-likeness (QED) is 0.576. The van der Waals surface area contributed by atoms with E-state index in [-0.39, 0.29) is 47.2 Å². The van der Waals surface area contributed by atoms with Gasteiger partial charge in [-0.25, -0.2) is 0 Å². The van der Waals surface area contributed by atoms with Crippen LogP contribution in [0.25, 0.3) is 0 Å². The molecule has 1 saturated heterocycles. The molecule has 33 heavy (non-hydrogen) atoms. The molecule has 1 aliphatic heterocycles. The van der Waals surface area contributed by atoms with Gasteiger partial charge in [-0.1, -0.05) is 56.3 Å². The van der Waals surface area contributed by atoms with E-state index in [0.29, 0.717) is 18.6 Å². The maximum absolute atomic E-state index is 13.1. The molecule has 0 spiro atoms. The first-order chi connectivity index (χ1) is 15.7. The minimum atomic E-state index is -0.367. The fraction of sp³-hybridized carbons (Fsp3) is 0.423. The Morgan fingerprint density at radius 1 is 1.18 bits per heavy atom. The molecule has 1 heterocycles. The maximum atomic E-state index is 13.1. The van der Waals surface area contributed by atoms with Gasteiger partial charge in [0.1, 0.15) is 0 Å². The van der Waals surface area contributed by atoms with E-state index in [0.717, 1.165) is 11.1 Å². The number of hydrogen-bond donors (Lipinski definition) is 3. The number of ether oxygens (including phenoxy) is 1. The van der Waals surface area contributed by atoms with E-state index in [2.05, 4.69) is 24.5 Å². The lowest BCUT2D eigenvalue weighted by atomic mass is 10.0. The van der Waals surface area contributed by atoms with Gasteiger partial charge < -0.3 is 15.4 Å². The SMILES string of the molecule is COCC[C@H](NC(=O)c1cccc(CN2C(=N)N[C@@]3(C)[C@@H](C2=O)C3(C)C)c1)c1ccccc1. The van der Waals surface area contributed by atoms with Crippen molar-refractivity contribution in [3.05, 3.63) is 71.3 Å². The Morgan fingerprint density at radius 2 is 1.91 bits per heavy atom. The van der Waals surface area contributed by atoms with E-state index in [4.69, 9.17) is 10.1 Å². The molecule has 174 valence electrons. The van der Waals surface area contributed by atoms with Crippen LogP contribution in [0.4, 0.5) is 0 Å². The van der Waals surface area contributed by atoms with Crippen molar-refractivity contribution in [2.75, 3.05) is 13.7 Å². The van der Waals surface area contributed by atoms with Crippen LogP contribution in [-0.2, 0) is 16.1 Å². The zero-order valence-corrected chi connectivity index (χ0v) is 19.6. The van der Waals surface area contributed by atoms with Crippen LogP contribution < -0.4 is 10.6 Å². The summed E-state index contributed by atoms with van der Waals surface area (Å²) >= 11 is 0. The third-order valence-corrected chi connectivity index (χ3v) is 7.36. The Balaban J connectivity index is 1.48. The predicted molar refractivity (Wildman–Crippen MR) is 127 cm³/mol. The summed E-state index contributed by atoms with van der Waals surface area (Å²) in [6, 6.07) is 16.9. The smallest absolute Gasteiger partial charge is 0.251 e. The number of guanidine groups is 1. The van der Waals surface area contributed by atoms with Crippen LogP contribution in [0.3, 0.4) is 0 Å². The third kappa shape index (κ3) is 4.13. The van der Waals surface area contributed by atoms with E-state index < -0.39 is 0 Å². The van der Waals surface area contributed by atoms with Crippen molar-refractivity contribution in [1.29, 1.82) is 5.41 Å². The van der Waals surface area contributed by atoms with Crippen molar-refractivity contribution >= 4 is 17.8 Å². The van der Waals surface area contributed by atoms with Crippen LogP contribution in [-0.4, -0.2) is 41.9 Å². The first kappa shape index (κ1) is 23.0. The average Bonchev–Trinajstić information content (AvgIpc) is 3.25. The molecule has 2 amide bonds. The molecule has 1 saturated carbocycles. The zero-order valence-electron chi connectivity index (χ0n) is 19.6. The number of nitrogens with zero attached hydrogens (tertiary/aromatic N) is 1. The molecule has 0 radical (unpaired) electrons. The number of rotatable bonds is 8. The van der Waals surface area contributed by atoms with Crippen LogP contribution in [0, 0.1) is 16.7 Å². The Bertz CT molecular complexity index is 1070. The second kappa shape index (κ2) is 8.63. The minimum Gasteiger partial charge on any atom is -0.385 e. The largest absolute Gasteiger partial charge is 0.385 e. The highest BCUT2D eigenvalue weighted by molar-refractivity contribution is 6.03. The van der Waals surface area contributed by atoms with Gasteiger partial charge in [-0.2, -0.15) is 0 Å². The highest BCUT2D eigenvalue weighted by Crippen LogP contribution is 2.63. The first-order valence-corrected chi connectivity index (χ1v) is 11.3. The zero-order chi connectivity index (χ0) is 23.8. The number of carbonyl (C=O) groups is 2. The number of nitrogens with one attached hydrogen (secondary N) is 3. The van der Waals surface area contributed by atoms with Gasteiger partial charge in [0.25, 0.3) is 5.91 Å². The van der Waals surface area contributed by atoms with Gasteiger partial charge in [-0.3, -0.25) is 19.9 Å². The number of amides is 2. The van der Waals surface area contributed by atoms with E-state index in [9.17, 15) is 9.59 Å². The van der Waals surface area contributed by atoms with Crippen LogP contribution >= 0.6 is 0 Å². The van der Waals surface area contributed by atoms with Gasteiger partial charge in [0.2, 0.25) is 5.91 Å². The third-order valence-electron chi connectivity index (χ3n) is 7.36. The summed E-state index contributed by atoms with van der Waals surface area (Å²) in [4.78, 5) is 27.6. The first-order valence-electron chi connectivity index (χ1n) is 11.3. The molecule has 4 rings (SSSR count). The van der Waals surface area contributed by atoms with Crippen LogP contribution in [0.2, 0.25) is 0 Å². The monoisotopic (exact) mass is 448 g/mol. The molecule has 7 heteroatoms. The molecule has 3 atom stereocenters. The molecule has 7 nitrogen and oxygen atoms in total. The molecular weight excluding hydrogens is 416 g/mol. The fourth-order valence-corrected chi connectivity index (χ4v) is 4.98. The number of carbonyl (C=O) groups excluding carboxylic acids is 2.